The summed E-state index contributed by atoms with van der Waals surface area (Å²) in [4.78, 5) is 12.9. The van der Waals surface area contributed by atoms with Crippen LogP contribution in [0.3, 0.4) is 0 Å². The molecule has 1 aliphatic heterocycles. The van der Waals surface area contributed by atoms with Crippen LogP contribution in [0.1, 0.15) is 35.2 Å². The Balaban J connectivity index is 1.48. The van der Waals surface area contributed by atoms with E-state index in [-0.39, 0.29) is 12.0 Å². The standard InChI is InChI=1S/C23H25N3O3/c1-17-10-11-18(15-21(17)26-13-6-12-24-26)23(27)25-20-8-2-3-9-22(20)29-16-19-7-4-5-14-28-19/h2-3,6,8-13,15,19H,4-5,7,14,16H2,1H3,(H,25,27)/t19-/m1/s1. The molecule has 0 bridgehead atoms. The molecule has 0 spiro atoms. The Bertz CT molecular complexity index is 963. The molecular formula is C23H25N3O3. The van der Waals surface area contributed by atoms with Crippen LogP contribution in [-0.4, -0.2) is 35.0 Å². The average Bonchev–Trinajstić information content (AvgIpc) is 3.29. The van der Waals surface area contributed by atoms with E-state index in [0.29, 0.717) is 23.6 Å². The van der Waals surface area contributed by atoms with Gasteiger partial charge in [-0.25, -0.2) is 4.68 Å². The van der Waals surface area contributed by atoms with Crippen LogP contribution < -0.4 is 10.1 Å². The first-order valence-electron chi connectivity index (χ1n) is 9.96. The fourth-order valence-corrected chi connectivity index (χ4v) is 3.42. The van der Waals surface area contributed by atoms with Crippen molar-refractivity contribution in [1.82, 2.24) is 9.78 Å². The van der Waals surface area contributed by atoms with Crippen LogP contribution >= 0.6 is 0 Å². The van der Waals surface area contributed by atoms with Crippen LogP contribution in [0.25, 0.3) is 5.69 Å². The third kappa shape index (κ3) is 4.66. The molecule has 6 heteroatoms. The molecule has 1 aliphatic rings. The number of amides is 1. The van der Waals surface area contributed by atoms with Gasteiger partial charge in [-0.1, -0.05) is 18.2 Å². The lowest BCUT2D eigenvalue weighted by Gasteiger charge is -2.23. The van der Waals surface area contributed by atoms with Gasteiger partial charge in [-0.05, 0) is 62.1 Å². The van der Waals surface area contributed by atoms with E-state index in [1.807, 2.05) is 61.7 Å². The normalized spacial score (nSPS) is 16.4. The fraction of sp³-hybridized carbons (Fsp3) is 0.304. The number of carbonyl (C=O) groups excluding carboxylic acids is 1. The lowest BCUT2D eigenvalue weighted by molar-refractivity contribution is -0.0109. The molecule has 1 fully saturated rings. The highest BCUT2D eigenvalue weighted by Gasteiger charge is 2.16. The summed E-state index contributed by atoms with van der Waals surface area (Å²) in [5.74, 6) is 0.456. The lowest BCUT2D eigenvalue weighted by Crippen LogP contribution is -2.26. The van der Waals surface area contributed by atoms with Crippen molar-refractivity contribution in [3.8, 4) is 11.4 Å². The zero-order valence-corrected chi connectivity index (χ0v) is 16.5. The van der Waals surface area contributed by atoms with Crippen molar-refractivity contribution in [2.75, 3.05) is 18.5 Å². The second-order valence-electron chi connectivity index (χ2n) is 7.20. The second-order valence-corrected chi connectivity index (χ2v) is 7.20. The molecule has 2 aromatic carbocycles. The first kappa shape index (κ1) is 19.2. The number of rotatable bonds is 6. The van der Waals surface area contributed by atoms with Gasteiger partial charge in [-0.15, -0.1) is 0 Å². The monoisotopic (exact) mass is 391 g/mol. The Morgan fingerprint density at radius 3 is 2.93 bits per heavy atom. The van der Waals surface area contributed by atoms with Gasteiger partial charge < -0.3 is 14.8 Å². The van der Waals surface area contributed by atoms with Crippen LogP contribution in [0.15, 0.2) is 60.9 Å². The molecule has 0 saturated carbocycles. The Kier molecular flexibility index (Phi) is 5.91. The number of nitrogens with zero attached hydrogens (tertiary/aromatic N) is 2. The number of benzene rings is 2. The van der Waals surface area contributed by atoms with Crippen molar-refractivity contribution in [2.24, 2.45) is 0 Å². The van der Waals surface area contributed by atoms with E-state index in [4.69, 9.17) is 9.47 Å². The zero-order chi connectivity index (χ0) is 20.1. The van der Waals surface area contributed by atoms with Gasteiger partial charge in [0.05, 0.1) is 17.5 Å². The van der Waals surface area contributed by atoms with Crippen LogP contribution in [0.2, 0.25) is 0 Å². The number of aryl methyl sites for hydroxylation is 1. The minimum absolute atomic E-state index is 0.112. The molecule has 1 saturated heterocycles. The Morgan fingerprint density at radius 2 is 2.14 bits per heavy atom. The van der Waals surface area contributed by atoms with Crippen molar-refractivity contribution in [3.05, 3.63) is 72.1 Å². The third-order valence-electron chi connectivity index (χ3n) is 5.06. The predicted octanol–water partition coefficient (Wildman–Crippen LogP) is 4.38. The maximum absolute atomic E-state index is 12.9. The topological polar surface area (TPSA) is 65.4 Å². The van der Waals surface area contributed by atoms with Gasteiger partial charge in [0.1, 0.15) is 12.4 Å². The summed E-state index contributed by atoms with van der Waals surface area (Å²) in [6.45, 7) is 3.27. The van der Waals surface area contributed by atoms with Crippen molar-refractivity contribution in [2.45, 2.75) is 32.3 Å². The van der Waals surface area contributed by atoms with E-state index in [2.05, 4.69) is 10.4 Å². The molecule has 0 radical (unpaired) electrons. The van der Waals surface area contributed by atoms with Gasteiger partial charge in [-0.2, -0.15) is 5.10 Å². The molecule has 3 aromatic rings. The number of hydrogen-bond donors (Lipinski definition) is 1. The first-order valence-corrected chi connectivity index (χ1v) is 9.96. The third-order valence-corrected chi connectivity index (χ3v) is 5.06. The molecule has 4 rings (SSSR count). The van der Waals surface area contributed by atoms with Gasteiger partial charge in [-0.3, -0.25) is 4.79 Å². The summed E-state index contributed by atoms with van der Waals surface area (Å²) in [6, 6.07) is 14.9. The number of ether oxygens (including phenoxy) is 2. The van der Waals surface area contributed by atoms with Gasteiger partial charge in [0.25, 0.3) is 5.91 Å². The first-order chi connectivity index (χ1) is 14.2. The zero-order valence-electron chi connectivity index (χ0n) is 16.5. The summed E-state index contributed by atoms with van der Waals surface area (Å²) in [6.07, 6.45) is 6.98. The molecule has 1 aromatic heterocycles. The molecule has 2 heterocycles. The van der Waals surface area contributed by atoms with Gasteiger partial charge in [0, 0.05) is 24.6 Å². The molecule has 1 atom stereocenters. The highest BCUT2D eigenvalue weighted by molar-refractivity contribution is 6.05. The van der Waals surface area contributed by atoms with Crippen LogP contribution in [0, 0.1) is 6.92 Å². The summed E-state index contributed by atoms with van der Waals surface area (Å²) in [5.41, 5.74) is 3.13. The maximum atomic E-state index is 12.9. The smallest absolute Gasteiger partial charge is 0.255 e. The van der Waals surface area contributed by atoms with Crippen molar-refractivity contribution in [1.29, 1.82) is 0 Å². The molecule has 1 N–H and O–H groups in total. The van der Waals surface area contributed by atoms with Crippen molar-refractivity contribution < 1.29 is 14.3 Å². The fourth-order valence-electron chi connectivity index (χ4n) is 3.42. The van der Waals surface area contributed by atoms with E-state index < -0.39 is 0 Å². The number of carbonyl (C=O) groups is 1. The molecular weight excluding hydrogens is 366 g/mol. The maximum Gasteiger partial charge on any atom is 0.255 e. The predicted molar refractivity (Wildman–Crippen MR) is 112 cm³/mol. The van der Waals surface area contributed by atoms with Crippen LogP contribution in [0.4, 0.5) is 5.69 Å². The minimum Gasteiger partial charge on any atom is -0.489 e. The Labute approximate surface area is 170 Å². The SMILES string of the molecule is Cc1ccc(C(=O)Nc2ccccc2OC[C@H]2CCCCO2)cc1-n1cccn1. The quantitative estimate of drug-likeness (QED) is 0.677. The largest absolute Gasteiger partial charge is 0.489 e. The summed E-state index contributed by atoms with van der Waals surface area (Å²) >= 11 is 0. The second kappa shape index (κ2) is 8.92. The minimum atomic E-state index is -0.191. The van der Waals surface area contributed by atoms with E-state index in [1.165, 1.54) is 6.42 Å². The molecule has 0 unspecified atom stereocenters. The van der Waals surface area contributed by atoms with E-state index in [1.54, 1.807) is 10.9 Å². The number of nitrogens with one attached hydrogen (secondary N) is 1. The molecule has 1 amide bonds. The number of aromatic nitrogens is 2. The highest BCUT2D eigenvalue weighted by atomic mass is 16.5. The molecule has 6 nitrogen and oxygen atoms in total. The summed E-state index contributed by atoms with van der Waals surface area (Å²) in [7, 11) is 0. The highest BCUT2D eigenvalue weighted by Crippen LogP contribution is 2.26. The van der Waals surface area contributed by atoms with Crippen LogP contribution in [-0.2, 0) is 4.74 Å². The van der Waals surface area contributed by atoms with E-state index >= 15 is 0 Å². The van der Waals surface area contributed by atoms with Crippen molar-refractivity contribution in [3.63, 3.8) is 0 Å². The van der Waals surface area contributed by atoms with Gasteiger partial charge in [0.15, 0.2) is 0 Å². The van der Waals surface area contributed by atoms with Gasteiger partial charge in [0.2, 0.25) is 0 Å². The molecule has 0 aliphatic carbocycles. The lowest BCUT2D eigenvalue weighted by atomic mass is 10.1. The van der Waals surface area contributed by atoms with Crippen LogP contribution in [0.5, 0.6) is 5.75 Å². The summed E-state index contributed by atoms with van der Waals surface area (Å²) in [5, 5.41) is 7.24. The molecule has 29 heavy (non-hydrogen) atoms. The summed E-state index contributed by atoms with van der Waals surface area (Å²) < 4.78 is 13.4. The number of para-hydroxylation sites is 2. The van der Waals surface area contributed by atoms with Gasteiger partial charge >= 0.3 is 0 Å². The average molecular weight is 391 g/mol. The van der Waals surface area contributed by atoms with E-state index in [0.717, 1.165) is 30.7 Å². The molecule has 150 valence electrons. The Morgan fingerprint density at radius 1 is 1.24 bits per heavy atom. The Hall–Kier alpha value is -3.12. The number of hydrogen-bond acceptors (Lipinski definition) is 4. The van der Waals surface area contributed by atoms with E-state index in [9.17, 15) is 4.79 Å². The number of anilines is 1. The van der Waals surface area contributed by atoms with Crippen molar-refractivity contribution >= 4 is 11.6 Å².